The van der Waals surface area contributed by atoms with Crippen LogP contribution in [0.15, 0.2) is 18.2 Å². The monoisotopic (exact) mass is 316 g/mol. The molecule has 122 valence electrons. The van der Waals surface area contributed by atoms with Crippen molar-refractivity contribution in [2.45, 2.75) is 33.2 Å². The number of hydrogen-bond donors (Lipinski definition) is 2. The third-order valence-corrected chi connectivity index (χ3v) is 3.20. The Labute approximate surface area is 134 Å². The van der Waals surface area contributed by atoms with Crippen LogP contribution in [0.5, 0.6) is 5.75 Å². The summed E-state index contributed by atoms with van der Waals surface area (Å²) in [4.78, 5) is 2.03. The molecule has 0 bridgehead atoms. The van der Waals surface area contributed by atoms with Gasteiger partial charge in [-0.1, -0.05) is 31.0 Å². The van der Waals surface area contributed by atoms with Crippen LogP contribution in [0.3, 0.4) is 0 Å². The van der Waals surface area contributed by atoms with Crippen molar-refractivity contribution in [1.29, 1.82) is 0 Å². The summed E-state index contributed by atoms with van der Waals surface area (Å²) in [5.74, 6) is 0.907. The highest BCUT2D eigenvalue weighted by Gasteiger charge is 2.10. The fraction of sp³-hybridized carbons (Fsp3) is 0.625. The van der Waals surface area contributed by atoms with E-state index >= 15 is 0 Å². The van der Waals surface area contributed by atoms with Crippen molar-refractivity contribution in [2.24, 2.45) is 0 Å². The first kappa shape index (κ1) is 20.2. The van der Waals surface area contributed by atoms with E-state index in [2.05, 4.69) is 19.9 Å². The van der Waals surface area contributed by atoms with Crippen molar-refractivity contribution in [1.82, 2.24) is 4.90 Å². The standard InChI is InChI=1S/C16H27NO3.ClH/c1-3-4-11-20-16-6-5-14(2)12-15(16)13-17(7-9-18)8-10-19;/h5-6,12,18-19H,3-4,7-11,13H2,1-2H3;1H/p-1. The molecule has 0 unspecified atom stereocenters. The van der Waals surface area contributed by atoms with Crippen LogP contribution in [0, 0.1) is 6.92 Å². The van der Waals surface area contributed by atoms with Gasteiger partial charge in [0, 0.05) is 25.2 Å². The summed E-state index contributed by atoms with van der Waals surface area (Å²) in [5, 5.41) is 18.2. The molecule has 4 nitrogen and oxygen atoms in total. The van der Waals surface area contributed by atoms with E-state index in [9.17, 15) is 0 Å². The van der Waals surface area contributed by atoms with Gasteiger partial charge in [-0.2, -0.15) is 0 Å². The Balaban J connectivity index is 0.00000400. The molecule has 0 atom stereocenters. The second kappa shape index (κ2) is 11.8. The minimum absolute atomic E-state index is 0. The topological polar surface area (TPSA) is 52.9 Å². The summed E-state index contributed by atoms with van der Waals surface area (Å²) in [5.41, 5.74) is 2.30. The first-order valence-electron chi connectivity index (χ1n) is 7.37. The van der Waals surface area contributed by atoms with Gasteiger partial charge in [-0.3, -0.25) is 4.90 Å². The Bertz CT molecular complexity index is 382. The largest absolute Gasteiger partial charge is 1.00 e. The van der Waals surface area contributed by atoms with Crippen molar-refractivity contribution in [3.05, 3.63) is 29.3 Å². The van der Waals surface area contributed by atoms with Crippen LogP contribution in [0.1, 0.15) is 30.9 Å². The van der Waals surface area contributed by atoms with E-state index < -0.39 is 0 Å². The minimum Gasteiger partial charge on any atom is -1.00 e. The number of halogens is 1. The zero-order chi connectivity index (χ0) is 14.8. The fourth-order valence-electron chi connectivity index (χ4n) is 2.09. The molecule has 1 aromatic rings. The van der Waals surface area contributed by atoms with Crippen LogP contribution in [0.25, 0.3) is 0 Å². The van der Waals surface area contributed by atoms with Gasteiger partial charge in [0.05, 0.1) is 19.8 Å². The SMILES string of the molecule is CCCCOc1ccc(C)cc1CN(CCO)CCO.[Cl-]. The lowest BCUT2D eigenvalue weighted by molar-refractivity contribution is -0.00000745. The van der Waals surface area contributed by atoms with Crippen LogP contribution >= 0.6 is 0 Å². The van der Waals surface area contributed by atoms with Gasteiger partial charge in [0.2, 0.25) is 0 Å². The molecule has 0 aromatic heterocycles. The number of rotatable bonds is 10. The lowest BCUT2D eigenvalue weighted by atomic mass is 10.1. The molecular formula is C16H27ClNO3-. The Morgan fingerprint density at radius 1 is 1.14 bits per heavy atom. The van der Waals surface area contributed by atoms with Gasteiger partial charge < -0.3 is 27.4 Å². The van der Waals surface area contributed by atoms with Gasteiger partial charge in [0.15, 0.2) is 0 Å². The van der Waals surface area contributed by atoms with Gasteiger partial charge in [0.25, 0.3) is 0 Å². The zero-order valence-corrected chi connectivity index (χ0v) is 13.8. The Morgan fingerprint density at radius 3 is 2.38 bits per heavy atom. The van der Waals surface area contributed by atoms with Crippen LogP contribution in [-0.4, -0.2) is 48.0 Å². The van der Waals surface area contributed by atoms with Crippen molar-refractivity contribution >= 4 is 0 Å². The van der Waals surface area contributed by atoms with Crippen molar-refractivity contribution in [3.8, 4) is 5.75 Å². The maximum absolute atomic E-state index is 9.08. The lowest BCUT2D eigenvalue weighted by Gasteiger charge is -2.22. The minimum atomic E-state index is 0. The molecule has 0 radical (unpaired) electrons. The molecule has 0 aliphatic heterocycles. The summed E-state index contributed by atoms with van der Waals surface area (Å²) in [7, 11) is 0. The molecule has 21 heavy (non-hydrogen) atoms. The predicted octanol–water partition coefficient (Wildman–Crippen LogP) is -1.04. The van der Waals surface area contributed by atoms with Gasteiger partial charge in [0.1, 0.15) is 5.75 Å². The van der Waals surface area contributed by atoms with Crippen molar-refractivity contribution in [2.75, 3.05) is 32.9 Å². The summed E-state index contributed by atoms with van der Waals surface area (Å²) < 4.78 is 5.84. The molecule has 0 spiro atoms. The lowest BCUT2D eigenvalue weighted by Crippen LogP contribution is -3.00. The van der Waals surface area contributed by atoms with E-state index in [1.807, 2.05) is 17.0 Å². The molecule has 0 heterocycles. The number of ether oxygens (including phenoxy) is 1. The number of aliphatic hydroxyl groups excluding tert-OH is 2. The maximum Gasteiger partial charge on any atom is 0.123 e. The van der Waals surface area contributed by atoms with E-state index in [1.165, 1.54) is 5.56 Å². The highest BCUT2D eigenvalue weighted by molar-refractivity contribution is 5.36. The Kier molecular flexibility index (Phi) is 11.4. The number of benzene rings is 1. The van der Waals surface area contributed by atoms with E-state index in [1.54, 1.807) is 0 Å². The molecule has 1 aromatic carbocycles. The molecule has 0 amide bonds. The highest BCUT2D eigenvalue weighted by Crippen LogP contribution is 2.22. The summed E-state index contributed by atoms with van der Waals surface area (Å²) in [6, 6.07) is 6.17. The van der Waals surface area contributed by atoms with Crippen LogP contribution in [-0.2, 0) is 6.54 Å². The number of aryl methyl sites for hydroxylation is 1. The van der Waals surface area contributed by atoms with Crippen molar-refractivity contribution < 1.29 is 27.4 Å². The van der Waals surface area contributed by atoms with Gasteiger partial charge in [-0.25, -0.2) is 0 Å². The molecule has 0 saturated heterocycles. The third kappa shape index (κ3) is 7.67. The van der Waals surface area contributed by atoms with Crippen molar-refractivity contribution in [3.63, 3.8) is 0 Å². The average Bonchev–Trinajstić information content (AvgIpc) is 2.42. The van der Waals surface area contributed by atoms with E-state index in [-0.39, 0.29) is 25.6 Å². The molecule has 0 saturated carbocycles. The Hall–Kier alpha value is -0.810. The van der Waals surface area contributed by atoms with E-state index in [4.69, 9.17) is 14.9 Å². The number of aliphatic hydroxyl groups is 2. The second-order valence-corrected chi connectivity index (χ2v) is 5.04. The first-order valence-corrected chi connectivity index (χ1v) is 7.37. The fourth-order valence-corrected chi connectivity index (χ4v) is 2.09. The van der Waals surface area contributed by atoms with E-state index in [0.29, 0.717) is 19.6 Å². The van der Waals surface area contributed by atoms with Crippen LogP contribution < -0.4 is 17.1 Å². The number of hydrogen-bond acceptors (Lipinski definition) is 4. The van der Waals surface area contributed by atoms with Gasteiger partial charge in [-0.05, 0) is 19.4 Å². The van der Waals surface area contributed by atoms with Crippen LogP contribution in [0.4, 0.5) is 0 Å². The maximum atomic E-state index is 9.08. The van der Waals surface area contributed by atoms with Gasteiger partial charge >= 0.3 is 0 Å². The molecule has 0 aliphatic rings. The number of unbranched alkanes of at least 4 members (excludes halogenated alkanes) is 1. The Morgan fingerprint density at radius 2 is 1.81 bits per heavy atom. The molecule has 2 N–H and O–H groups in total. The van der Waals surface area contributed by atoms with Crippen LogP contribution in [0.2, 0.25) is 0 Å². The second-order valence-electron chi connectivity index (χ2n) is 5.04. The smallest absolute Gasteiger partial charge is 0.123 e. The predicted molar refractivity (Wildman–Crippen MR) is 81.0 cm³/mol. The summed E-state index contributed by atoms with van der Waals surface area (Å²) in [6.45, 7) is 6.92. The molecule has 0 fully saturated rings. The quantitative estimate of drug-likeness (QED) is 0.542. The summed E-state index contributed by atoms with van der Waals surface area (Å²) >= 11 is 0. The average molecular weight is 317 g/mol. The van der Waals surface area contributed by atoms with Gasteiger partial charge in [-0.15, -0.1) is 0 Å². The molecule has 1 rings (SSSR count). The molecular weight excluding hydrogens is 290 g/mol. The number of nitrogens with zero attached hydrogens (tertiary/aromatic N) is 1. The third-order valence-electron chi connectivity index (χ3n) is 3.20. The summed E-state index contributed by atoms with van der Waals surface area (Å²) in [6.07, 6.45) is 2.16. The molecule has 5 heteroatoms. The molecule has 0 aliphatic carbocycles. The highest BCUT2D eigenvalue weighted by atomic mass is 35.5. The first-order chi connectivity index (χ1) is 9.71. The zero-order valence-electron chi connectivity index (χ0n) is 13.0. The van der Waals surface area contributed by atoms with E-state index in [0.717, 1.165) is 30.8 Å². The normalized spacial score (nSPS) is 10.5.